The van der Waals surface area contributed by atoms with Crippen LogP contribution < -0.4 is 4.31 Å². The van der Waals surface area contributed by atoms with Crippen LogP contribution in [0.5, 0.6) is 0 Å². The molecule has 1 aliphatic rings. The van der Waals surface area contributed by atoms with Crippen LogP contribution in [0, 0.1) is 6.92 Å². The summed E-state index contributed by atoms with van der Waals surface area (Å²) in [6.45, 7) is 2.15. The van der Waals surface area contributed by atoms with E-state index in [1.807, 2.05) is 6.92 Å². The second-order valence-electron chi connectivity index (χ2n) is 6.38. The third-order valence-electron chi connectivity index (χ3n) is 4.28. The van der Waals surface area contributed by atoms with Gasteiger partial charge in [0.1, 0.15) is 6.10 Å². The summed E-state index contributed by atoms with van der Waals surface area (Å²) in [5, 5.41) is 0. The number of aryl methyl sites for hydroxylation is 1. The smallest absolute Gasteiger partial charge is 0.264 e. The van der Waals surface area contributed by atoms with Crippen LogP contribution in [0.1, 0.15) is 30.1 Å². The molecule has 0 fully saturated rings. The highest BCUT2D eigenvalue weighted by atomic mass is 32.2. The number of nitrogens with zero attached hydrogens (tertiary/aromatic N) is 1. The van der Waals surface area contributed by atoms with Crippen LogP contribution in [0.15, 0.2) is 53.4 Å². The molecule has 0 bridgehead atoms. The average molecular weight is 396 g/mol. The number of benzene rings is 2. The zero-order valence-corrected chi connectivity index (χ0v) is 16.3. The molecule has 0 aliphatic carbocycles. The largest absolute Gasteiger partial charge is 0.266 e. The molecule has 0 unspecified atom stereocenters. The van der Waals surface area contributed by atoms with Gasteiger partial charge in [0.15, 0.2) is 0 Å². The van der Waals surface area contributed by atoms with Crippen molar-refractivity contribution >= 4 is 25.8 Å². The lowest BCUT2D eigenvalue weighted by molar-refractivity contribution is 0.206. The van der Waals surface area contributed by atoms with Crippen molar-refractivity contribution in [3.05, 3.63) is 59.7 Å². The highest BCUT2D eigenvalue weighted by Gasteiger charge is 2.32. The first kappa shape index (κ1) is 18.9. The average Bonchev–Trinajstić information content (AvgIpc) is 2.74. The minimum atomic E-state index is -3.75. The molecule has 140 valence electrons. The summed E-state index contributed by atoms with van der Waals surface area (Å²) in [5.41, 5.74) is 1.99. The van der Waals surface area contributed by atoms with Gasteiger partial charge < -0.3 is 0 Å². The van der Waals surface area contributed by atoms with Crippen LogP contribution in [0.3, 0.4) is 0 Å². The van der Waals surface area contributed by atoms with Crippen molar-refractivity contribution in [2.75, 3.05) is 17.1 Å². The number of anilines is 1. The van der Waals surface area contributed by atoms with Gasteiger partial charge >= 0.3 is 0 Å². The van der Waals surface area contributed by atoms with Gasteiger partial charge in [0.25, 0.3) is 20.1 Å². The zero-order chi connectivity index (χ0) is 18.9. The molecule has 1 aliphatic heterocycles. The summed E-state index contributed by atoms with van der Waals surface area (Å²) in [7, 11) is -7.41. The van der Waals surface area contributed by atoms with Crippen molar-refractivity contribution in [3.8, 4) is 0 Å². The molecule has 2 aromatic rings. The van der Waals surface area contributed by atoms with Crippen molar-refractivity contribution in [3.63, 3.8) is 0 Å². The Morgan fingerprint density at radius 3 is 2.31 bits per heavy atom. The second kappa shape index (κ2) is 7.02. The zero-order valence-electron chi connectivity index (χ0n) is 14.6. The van der Waals surface area contributed by atoms with Crippen molar-refractivity contribution in [2.24, 2.45) is 0 Å². The molecule has 0 amide bonds. The summed E-state index contributed by atoms with van der Waals surface area (Å²) >= 11 is 0. The Morgan fingerprint density at radius 1 is 1.00 bits per heavy atom. The first-order valence-corrected chi connectivity index (χ1v) is 11.5. The molecule has 1 atom stereocenters. The minimum Gasteiger partial charge on any atom is -0.266 e. The summed E-state index contributed by atoms with van der Waals surface area (Å²) < 4.78 is 56.1. The molecule has 0 N–H and O–H groups in total. The molecule has 6 nitrogen and oxygen atoms in total. The van der Waals surface area contributed by atoms with Crippen LogP contribution >= 0.6 is 0 Å². The first-order valence-electron chi connectivity index (χ1n) is 8.25. The number of rotatable bonds is 4. The maximum absolute atomic E-state index is 13.2. The number of sulfonamides is 1. The van der Waals surface area contributed by atoms with Crippen molar-refractivity contribution in [1.29, 1.82) is 0 Å². The second-order valence-corrected chi connectivity index (χ2v) is 9.84. The Kier molecular flexibility index (Phi) is 5.09. The van der Waals surface area contributed by atoms with E-state index in [-0.39, 0.29) is 11.4 Å². The highest BCUT2D eigenvalue weighted by molar-refractivity contribution is 7.92. The van der Waals surface area contributed by atoms with Crippen LogP contribution in [0.25, 0.3) is 0 Å². The fraction of sp³-hybridized carbons (Fsp3) is 0.333. The van der Waals surface area contributed by atoms with Gasteiger partial charge in [0.2, 0.25) is 0 Å². The Hall–Kier alpha value is -1.90. The van der Waals surface area contributed by atoms with E-state index >= 15 is 0 Å². The standard InChI is InChI=1S/C18H21NO5S2/c1-14-9-11-15(12-10-14)26(22,23)19-13-5-8-18(24-25(2,20)21)16-6-3-4-7-17(16)19/h3-4,6-7,9-12,18H,5,8,13H2,1-2H3/t18-/m0/s1. The quantitative estimate of drug-likeness (QED) is 0.744. The number of hydrogen-bond acceptors (Lipinski definition) is 5. The van der Waals surface area contributed by atoms with Crippen LogP contribution in [-0.2, 0) is 24.3 Å². The van der Waals surface area contributed by atoms with Gasteiger partial charge in [-0.3, -0.25) is 8.49 Å². The molecule has 3 rings (SSSR count). The van der Waals surface area contributed by atoms with E-state index in [1.165, 1.54) is 4.31 Å². The SMILES string of the molecule is Cc1ccc(S(=O)(=O)N2CCC[C@H](OS(C)(=O)=O)c3ccccc32)cc1. The van der Waals surface area contributed by atoms with Gasteiger partial charge in [-0.05, 0) is 38.0 Å². The molecule has 2 aromatic carbocycles. The summed E-state index contributed by atoms with van der Waals surface area (Å²) in [6, 6.07) is 13.6. The molecule has 0 radical (unpaired) electrons. The normalized spacial score (nSPS) is 18.2. The molecule has 0 saturated carbocycles. The minimum absolute atomic E-state index is 0.209. The van der Waals surface area contributed by atoms with Gasteiger partial charge in [-0.2, -0.15) is 8.42 Å². The van der Waals surface area contributed by atoms with Gasteiger partial charge in [-0.15, -0.1) is 0 Å². The van der Waals surface area contributed by atoms with E-state index in [2.05, 4.69) is 0 Å². The van der Waals surface area contributed by atoms with E-state index < -0.39 is 26.2 Å². The van der Waals surface area contributed by atoms with E-state index in [0.717, 1.165) is 11.8 Å². The molecule has 0 saturated heterocycles. The van der Waals surface area contributed by atoms with E-state index in [9.17, 15) is 16.8 Å². The summed E-state index contributed by atoms with van der Waals surface area (Å²) in [6.07, 6.45) is 1.21. The Labute approximate surface area is 154 Å². The van der Waals surface area contributed by atoms with E-state index in [4.69, 9.17) is 4.18 Å². The summed E-state index contributed by atoms with van der Waals surface area (Å²) in [4.78, 5) is 0.209. The molecular weight excluding hydrogens is 374 g/mol. The third-order valence-corrected chi connectivity index (χ3v) is 6.69. The summed E-state index contributed by atoms with van der Waals surface area (Å²) in [5.74, 6) is 0. The van der Waals surface area contributed by atoms with Gasteiger partial charge in [-0.1, -0.05) is 35.9 Å². The third kappa shape index (κ3) is 3.92. The Bertz CT molecular complexity index is 998. The maximum atomic E-state index is 13.2. The van der Waals surface area contributed by atoms with Crippen LogP contribution in [0.4, 0.5) is 5.69 Å². The molecule has 8 heteroatoms. The molecule has 0 spiro atoms. The van der Waals surface area contributed by atoms with Crippen molar-refractivity contribution < 1.29 is 21.0 Å². The monoisotopic (exact) mass is 395 g/mol. The lowest BCUT2D eigenvalue weighted by Gasteiger charge is -2.25. The predicted octanol–water partition coefficient (Wildman–Crippen LogP) is 3.00. The Morgan fingerprint density at radius 2 is 1.65 bits per heavy atom. The molecular formula is C18H21NO5S2. The van der Waals surface area contributed by atoms with Gasteiger partial charge in [0.05, 0.1) is 16.8 Å². The van der Waals surface area contributed by atoms with Gasteiger partial charge in [0, 0.05) is 12.1 Å². The number of hydrogen-bond donors (Lipinski definition) is 0. The van der Waals surface area contributed by atoms with Crippen molar-refractivity contribution in [1.82, 2.24) is 0 Å². The lowest BCUT2D eigenvalue weighted by atomic mass is 10.1. The fourth-order valence-corrected chi connectivity index (χ4v) is 5.23. The number of fused-ring (bicyclic) bond motifs is 1. The first-order chi connectivity index (χ1) is 12.2. The molecule has 26 heavy (non-hydrogen) atoms. The maximum Gasteiger partial charge on any atom is 0.264 e. The fourth-order valence-electron chi connectivity index (χ4n) is 3.08. The van der Waals surface area contributed by atoms with Crippen LogP contribution in [0.2, 0.25) is 0 Å². The molecule has 0 aromatic heterocycles. The topological polar surface area (TPSA) is 80.8 Å². The van der Waals surface area contributed by atoms with Crippen molar-refractivity contribution in [2.45, 2.75) is 30.8 Å². The van der Waals surface area contributed by atoms with Gasteiger partial charge in [-0.25, -0.2) is 8.42 Å². The number of para-hydroxylation sites is 1. The Balaban J connectivity index is 2.07. The predicted molar refractivity (Wildman–Crippen MR) is 100 cm³/mol. The van der Waals surface area contributed by atoms with E-state index in [0.29, 0.717) is 24.1 Å². The lowest BCUT2D eigenvalue weighted by Crippen LogP contribution is -2.31. The molecule has 1 heterocycles. The van der Waals surface area contributed by atoms with Crippen LogP contribution in [-0.4, -0.2) is 29.6 Å². The van der Waals surface area contributed by atoms with E-state index in [1.54, 1.807) is 48.5 Å². The highest BCUT2D eigenvalue weighted by Crippen LogP contribution is 2.38.